The Morgan fingerprint density at radius 3 is 2.72 bits per heavy atom. The van der Waals surface area contributed by atoms with Crippen molar-refractivity contribution in [3.8, 4) is 0 Å². The summed E-state index contributed by atoms with van der Waals surface area (Å²) in [6, 6.07) is 9.36. The quantitative estimate of drug-likeness (QED) is 0.874. The van der Waals surface area contributed by atoms with E-state index in [2.05, 4.69) is 35.0 Å². The fourth-order valence-corrected chi connectivity index (χ4v) is 3.27. The van der Waals surface area contributed by atoms with Crippen LogP contribution in [0.4, 0.5) is 0 Å². The molecule has 0 spiro atoms. The molecule has 1 N–H and O–H groups in total. The van der Waals surface area contributed by atoms with Crippen molar-refractivity contribution >= 4 is 10.9 Å². The van der Waals surface area contributed by atoms with E-state index in [1.165, 1.54) is 48.6 Å². The highest BCUT2D eigenvalue weighted by Gasteiger charge is 2.17. The third-order valence-electron chi connectivity index (χ3n) is 4.20. The van der Waals surface area contributed by atoms with Crippen LogP contribution in [-0.2, 0) is 6.42 Å². The van der Waals surface area contributed by atoms with Crippen molar-refractivity contribution in [2.24, 2.45) is 0 Å². The topological polar surface area (TPSA) is 25.2 Å². The van der Waals surface area contributed by atoms with E-state index in [0.717, 1.165) is 6.42 Å². The van der Waals surface area contributed by atoms with Crippen LogP contribution in [0.2, 0.25) is 0 Å². The number of benzene rings is 1. The summed E-state index contributed by atoms with van der Waals surface area (Å²) in [5, 5.41) is 10.4. The molecular weight excluding hydrogens is 222 g/mol. The maximum atomic E-state index is 9.13. The molecule has 0 atom stereocenters. The van der Waals surface area contributed by atoms with E-state index < -0.39 is 0 Å². The van der Waals surface area contributed by atoms with Crippen molar-refractivity contribution in [3.63, 3.8) is 0 Å². The van der Waals surface area contributed by atoms with Crippen molar-refractivity contribution in [2.45, 2.75) is 44.6 Å². The minimum atomic E-state index is 0.230. The smallest absolute Gasteiger partial charge is 0.0485 e. The highest BCUT2D eigenvalue weighted by atomic mass is 16.2. The summed E-state index contributed by atoms with van der Waals surface area (Å²) in [6.45, 7) is 0.230. The molecule has 0 radical (unpaired) electrons. The number of nitrogens with zero attached hydrogens (tertiary/aromatic N) is 1. The molecule has 2 nitrogen and oxygen atoms in total. The van der Waals surface area contributed by atoms with Gasteiger partial charge in [0.2, 0.25) is 0 Å². The number of hydrogen-bond acceptors (Lipinski definition) is 1. The Morgan fingerprint density at radius 2 is 1.94 bits per heavy atom. The molecule has 0 amide bonds. The lowest BCUT2D eigenvalue weighted by atomic mass is 9.95. The van der Waals surface area contributed by atoms with Crippen LogP contribution in [0.1, 0.15) is 43.7 Å². The second-order valence-corrected chi connectivity index (χ2v) is 5.34. The zero-order valence-corrected chi connectivity index (χ0v) is 10.8. The van der Waals surface area contributed by atoms with Crippen LogP contribution in [0.25, 0.3) is 10.9 Å². The SMILES string of the molecule is OCCc1cccc2c1ccn2C1CCCCC1. The van der Waals surface area contributed by atoms with E-state index in [1.54, 1.807) is 0 Å². The van der Waals surface area contributed by atoms with Crippen molar-refractivity contribution in [3.05, 3.63) is 36.0 Å². The molecule has 0 unspecified atom stereocenters. The molecule has 18 heavy (non-hydrogen) atoms. The lowest BCUT2D eigenvalue weighted by Crippen LogP contribution is -2.11. The largest absolute Gasteiger partial charge is 0.396 e. The maximum absolute atomic E-state index is 9.13. The average molecular weight is 243 g/mol. The number of hydrogen-bond donors (Lipinski definition) is 1. The van der Waals surface area contributed by atoms with Gasteiger partial charge in [0.15, 0.2) is 0 Å². The molecule has 0 bridgehead atoms. The first-order chi connectivity index (χ1) is 8.90. The Labute approximate surface area is 108 Å². The molecule has 96 valence electrons. The fourth-order valence-electron chi connectivity index (χ4n) is 3.27. The molecule has 2 aromatic rings. The predicted octanol–water partition coefficient (Wildman–Crippen LogP) is 3.68. The zero-order chi connectivity index (χ0) is 12.4. The molecule has 1 fully saturated rings. The van der Waals surface area contributed by atoms with Gasteiger partial charge in [-0.1, -0.05) is 31.4 Å². The summed E-state index contributed by atoms with van der Waals surface area (Å²) in [5.41, 5.74) is 2.61. The van der Waals surface area contributed by atoms with Crippen LogP contribution in [0.3, 0.4) is 0 Å². The van der Waals surface area contributed by atoms with E-state index in [1.807, 2.05) is 0 Å². The van der Waals surface area contributed by atoms with Gasteiger partial charge in [-0.05, 0) is 37.0 Å². The standard InChI is InChI=1S/C16H21NO/c18-12-10-13-5-4-8-16-15(13)9-11-17(16)14-6-2-1-3-7-14/h4-5,8-9,11,14,18H,1-3,6-7,10,12H2. The lowest BCUT2D eigenvalue weighted by molar-refractivity contribution is 0.300. The summed E-state index contributed by atoms with van der Waals surface area (Å²) >= 11 is 0. The molecule has 2 heteroatoms. The van der Waals surface area contributed by atoms with Gasteiger partial charge >= 0.3 is 0 Å². The van der Waals surface area contributed by atoms with Gasteiger partial charge in [-0.15, -0.1) is 0 Å². The van der Waals surface area contributed by atoms with Gasteiger partial charge in [-0.25, -0.2) is 0 Å². The summed E-state index contributed by atoms with van der Waals surface area (Å²) < 4.78 is 2.45. The third-order valence-corrected chi connectivity index (χ3v) is 4.20. The summed E-state index contributed by atoms with van der Waals surface area (Å²) in [7, 11) is 0. The minimum Gasteiger partial charge on any atom is -0.396 e. The molecule has 1 aromatic carbocycles. The molecule has 3 rings (SSSR count). The Balaban J connectivity index is 2.00. The molecule has 1 aliphatic carbocycles. The van der Waals surface area contributed by atoms with E-state index in [4.69, 9.17) is 5.11 Å². The highest BCUT2D eigenvalue weighted by Crippen LogP contribution is 2.32. The van der Waals surface area contributed by atoms with Crippen LogP contribution in [0.15, 0.2) is 30.5 Å². The van der Waals surface area contributed by atoms with Crippen molar-refractivity contribution < 1.29 is 5.11 Å². The summed E-state index contributed by atoms with van der Waals surface area (Å²) in [4.78, 5) is 0. The molecule has 0 aliphatic heterocycles. The van der Waals surface area contributed by atoms with E-state index in [-0.39, 0.29) is 6.61 Å². The van der Waals surface area contributed by atoms with Crippen LogP contribution in [-0.4, -0.2) is 16.3 Å². The number of rotatable bonds is 3. The van der Waals surface area contributed by atoms with Crippen molar-refractivity contribution in [1.82, 2.24) is 4.57 Å². The van der Waals surface area contributed by atoms with Crippen molar-refractivity contribution in [1.29, 1.82) is 0 Å². The monoisotopic (exact) mass is 243 g/mol. The van der Waals surface area contributed by atoms with Gasteiger partial charge in [-0.2, -0.15) is 0 Å². The van der Waals surface area contributed by atoms with Gasteiger partial charge in [0.25, 0.3) is 0 Å². The Hall–Kier alpha value is -1.28. The molecular formula is C16H21NO. The summed E-state index contributed by atoms with van der Waals surface area (Å²) in [6.07, 6.45) is 9.74. The van der Waals surface area contributed by atoms with Gasteiger partial charge in [0, 0.05) is 29.7 Å². The van der Waals surface area contributed by atoms with Gasteiger partial charge in [0.05, 0.1) is 0 Å². The second-order valence-electron chi connectivity index (χ2n) is 5.34. The molecule has 1 aliphatic rings. The van der Waals surface area contributed by atoms with E-state index in [9.17, 15) is 0 Å². The predicted molar refractivity (Wildman–Crippen MR) is 74.8 cm³/mol. The maximum Gasteiger partial charge on any atom is 0.0485 e. The van der Waals surface area contributed by atoms with Gasteiger partial charge in [-0.3, -0.25) is 0 Å². The molecule has 1 heterocycles. The first kappa shape index (κ1) is 11.8. The van der Waals surface area contributed by atoms with Gasteiger partial charge < -0.3 is 9.67 Å². The number of aromatic nitrogens is 1. The molecule has 0 saturated heterocycles. The second kappa shape index (κ2) is 5.15. The number of aliphatic hydroxyl groups is 1. The molecule has 1 aromatic heterocycles. The summed E-state index contributed by atoms with van der Waals surface area (Å²) in [5.74, 6) is 0. The highest BCUT2D eigenvalue weighted by molar-refractivity contribution is 5.83. The van der Waals surface area contributed by atoms with Crippen LogP contribution < -0.4 is 0 Å². The number of fused-ring (bicyclic) bond motifs is 1. The van der Waals surface area contributed by atoms with Crippen LogP contribution >= 0.6 is 0 Å². The normalized spacial score (nSPS) is 17.4. The first-order valence-electron chi connectivity index (χ1n) is 7.09. The van der Waals surface area contributed by atoms with Crippen LogP contribution in [0, 0.1) is 0 Å². The van der Waals surface area contributed by atoms with Gasteiger partial charge in [0.1, 0.15) is 0 Å². The Morgan fingerprint density at radius 1 is 1.11 bits per heavy atom. The first-order valence-corrected chi connectivity index (χ1v) is 7.09. The third kappa shape index (κ3) is 2.05. The zero-order valence-electron chi connectivity index (χ0n) is 10.8. The number of aliphatic hydroxyl groups excluding tert-OH is 1. The fraction of sp³-hybridized carbons (Fsp3) is 0.500. The van der Waals surface area contributed by atoms with Crippen LogP contribution in [0.5, 0.6) is 0 Å². The lowest BCUT2D eigenvalue weighted by Gasteiger charge is -2.24. The Bertz CT molecular complexity index is 523. The van der Waals surface area contributed by atoms with E-state index >= 15 is 0 Å². The van der Waals surface area contributed by atoms with E-state index in [0.29, 0.717) is 6.04 Å². The molecule has 1 saturated carbocycles. The minimum absolute atomic E-state index is 0.230. The van der Waals surface area contributed by atoms with Crippen molar-refractivity contribution in [2.75, 3.05) is 6.61 Å². The Kier molecular flexibility index (Phi) is 3.37. The average Bonchev–Trinajstić information content (AvgIpc) is 2.85.